The van der Waals surface area contributed by atoms with Crippen molar-refractivity contribution in [1.82, 2.24) is 9.97 Å². The van der Waals surface area contributed by atoms with Gasteiger partial charge in [-0.25, -0.2) is 9.37 Å². The van der Waals surface area contributed by atoms with Gasteiger partial charge in [0.1, 0.15) is 11.5 Å². The van der Waals surface area contributed by atoms with E-state index in [1.165, 1.54) is 12.3 Å². The molecule has 0 atom stereocenters. The Morgan fingerprint density at radius 1 is 1.07 bits per heavy atom. The molecule has 154 valence electrons. The highest BCUT2D eigenvalue weighted by Crippen LogP contribution is 2.36. The van der Waals surface area contributed by atoms with Gasteiger partial charge in [0.15, 0.2) is 5.78 Å². The number of carbonyl (C=O) groups is 1. The second-order valence-electron chi connectivity index (χ2n) is 9.58. The van der Waals surface area contributed by atoms with Crippen LogP contribution in [0, 0.1) is 5.82 Å². The summed E-state index contributed by atoms with van der Waals surface area (Å²) in [5.41, 5.74) is 0.837. The van der Waals surface area contributed by atoms with Crippen LogP contribution < -0.4 is 5.46 Å². The molecule has 1 aliphatic heterocycles. The molecule has 2 aromatic rings. The summed E-state index contributed by atoms with van der Waals surface area (Å²) in [4.78, 5) is 21.2. The van der Waals surface area contributed by atoms with Crippen LogP contribution in [-0.2, 0) is 21.1 Å². The van der Waals surface area contributed by atoms with Gasteiger partial charge >= 0.3 is 7.12 Å². The highest BCUT2D eigenvalue weighted by atomic mass is 19.1. The van der Waals surface area contributed by atoms with Crippen LogP contribution >= 0.6 is 0 Å². The Kier molecular flexibility index (Phi) is 5.43. The summed E-state index contributed by atoms with van der Waals surface area (Å²) in [6.07, 6.45) is 2.95. The zero-order chi connectivity index (χ0) is 21.6. The predicted octanol–water partition coefficient (Wildman–Crippen LogP) is 3.64. The van der Waals surface area contributed by atoms with Gasteiger partial charge in [-0.15, -0.1) is 0 Å². The van der Waals surface area contributed by atoms with E-state index >= 15 is 0 Å². The molecule has 1 aliphatic rings. The van der Waals surface area contributed by atoms with E-state index in [0.29, 0.717) is 5.46 Å². The summed E-state index contributed by atoms with van der Waals surface area (Å²) in [5.74, 6) is -0.735. The van der Waals surface area contributed by atoms with E-state index in [2.05, 4.69) is 9.97 Å². The van der Waals surface area contributed by atoms with Crippen molar-refractivity contribution in [3.63, 3.8) is 0 Å². The highest BCUT2D eigenvalue weighted by molar-refractivity contribution is 6.62. The molecular weight excluding hydrogens is 370 g/mol. The molecule has 0 radical (unpaired) electrons. The fourth-order valence-corrected chi connectivity index (χ4v) is 2.98. The normalized spacial score (nSPS) is 18.1. The Bertz CT molecular complexity index is 905. The van der Waals surface area contributed by atoms with Gasteiger partial charge in [0.25, 0.3) is 0 Å². The smallest absolute Gasteiger partial charge is 0.399 e. The maximum Gasteiger partial charge on any atom is 0.494 e. The lowest BCUT2D eigenvalue weighted by molar-refractivity contribution is 0.00578. The van der Waals surface area contributed by atoms with E-state index in [0.717, 1.165) is 5.69 Å². The standard InChI is InChI=1S/C22H28BFN2O3/c1-20(2,3)19-13-25-17(12-26-19)18(27)11-14-10-15(8-9-16(14)24)23-28-21(4,5)22(6,7)29-23/h8-10,12-13H,11H2,1-7H3. The number of hydrogen-bond acceptors (Lipinski definition) is 5. The van der Waals surface area contributed by atoms with Gasteiger partial charge in [0.2, 0.25) is 0 Å². The van der Waals surface area contributed by atoms with Crippen LogP contribution in [-0.4, -0.2) is 34.1 Å². The zero-order valence-corrected chi connectivity index (χ0v) is 18.2. The Morgan fingerprint density at radius 3 is 2.21 bits per heavy atom. The van der Waals surface area contributed by atoms with Crippen LogP contribution in [0.25, 0.3) is 0 Å². The van der Waals surface area contributed by atoms with E-state index in [1.54, 1.807) is 18.3 Å². The zero-order valence-electron chi connectivity index (χ0n) is 18.2. The molecule has 29 heavy (non-hydrogen) atoms. The van der Waals surface area contributed by atoms with Crippen LogP contribution in [0.5, 0.6) is 0 Å². The summed E-state index contributed by atoms with van der Waals surface area (Å²) in [6, 6.07) is 4.60. The van der Waals surface area contributed by atoms with Crippen LogP contribution in [0.3, 0.4) is 0 Å². The SMILES string of the molecule is CC(C)(C)c1cnc(C(=O)Cc2cc(B3OC(C)(C)C(C)(C)O3)ccc2F)cn1. The lowest BCUT2D eigenvalue weighted by Crippen LogP contribution is -2.41. The Morgan fingerprint density at radius 2 is 1.69 bits per heavy atom. The predicted molar refractivity (Wildman–Crippen MR) is 111 cm³/mol. The summed E-state index contributed by atoms with van der Waals surface area (Å²) in [6.45, 7) is 13.9. The molecule has 2 heterocycles. The van der Waals surface area contributed by atoms with Crippen molar-refractivity contribution in [1.29, 1.82) is 0 Å². The van der Waals surface area contributed by atoms with Gasteiger partial charge in [0, 0.05) is 18.0 Å². The van der Waals surface area contributed by atoms with Gasteiger partial charge in [0.05, 0.1) is 23.1 Å². The van der Waals surface area contributed by atoms with Crippen molar-refractivity contribution in [3.8, 4) is 0 Å². The number of rotatable bonds is 4. The van der Waals surface area contributed by atoms with E-state index < -0.39 is 24.1 Å². The van der Waals surface area contributed by atoms with E-state index in [4.69, 9.17) is 9.31 Å². The monoisotopic (exact) mass is 398 g/mol. The molecule has 3 rings (SSSR count). The minimum absolute atomic E-state index is 0.108. The molecule has 0 saturated carbocycles. The third-order valence-electron chi connectivity index (χ3n) is 5.65. The molecule has 0 unspecified atom stereocenters. The van der Waals surface area contributed by atoms with Crippen molar-refractivity contribution in [2.45, 2.75) is 71.5 Å². The van der Waals surface area contributed by atoms with Crippen LogP contribution in [0.4, 0.5) is 4.39 Å². The molecular formula is C22H28BFN2O3. The molecule has 1 saturated heterocycles. The fourth-order valence-electron chi connectivity index (χ4n) is 2.98. The van der Waals surface area contributed by atoms with Crippen LogP contribution in [0.1, 0.15) is 70.2 Å². The topological polar surface area (TPSA) is 61.3 Å². The average Bonchev–Trinajstić information content (AvgIpc) is 2.83. The van der Waals surface area contributed by atoms with Crippen molar-refractivity contribution in [2.24, 2.45) is 0 Å². The van der Waals surface area contributed by atoms with Crippen LogP contribution in [0.2, 0.25) is 0 Å². The quantitative estimate of drug-likeness (QED) is 0.582. The largest absolute Gasteiger partial charge is 0.494 e. The van der Waals surface area contributed by atoms with E-state index in [1.807, 2.05) is 48.5 Å². The lowest BCUT2D eigenvalue weighted by atomic mass is 9.78. The van der Waals surface area contributed by atoms with Crippen LogP contribution in [0.15, 0.2) is 30.6 Å². The van der Waals surface area contributed by atoms with E-state index in [-0.39, 0.29) is 28.9 Å². The maximum atomic E-state index is 14.4. The highest BCUT2D eigenvalue weighted by Gasteiger charge is 2.51. The first kappa shape index (κ1) is 21.6. The number of halogens is 1. The third-order valence-corrected chi connectivity index (χ3v) is 5.65. The number of hydrogen-bond donors (Lipinski definition) is 0. The number of benzene rings is 1. The van der Waals surface area contributed by atoms with Crippen molar-refractivity contribution >= 4 is 18.4 Å². The minimum Gasteiger partial charge on any atom is -0.399 e. The summed E-state index contributed by atoms with van der Waals surface area (Å²) >= 11 is 0. The fraction of sp³-hybridized carbons (Fsp3) is 0.500. The van der Waals surface area contributed by atoms with Crippen molar-refractivity contribution in [3.05, 3.63) is 53.4 Å². The molecule has 0 aliphatic carbocycles. The number of Topliss-reactive ketones (excluding diaryl/α,β-unsaturated/α-hetero) is 1. The second-order valence-corrected chi connectivity index (χ2v) is 9.58. The Hall–Kier alpha value is -2.12. The first-order valence-electron chi connectivity index (χ1n) is 9.80. The van der Waals surface area contributed by atoms with Gasteiger partial charge < -0.3 is 9.31 Å². The molecule has 1 aromatic heterocycles. The van der Waals surface area contributed by atoms with E-state index in [9.17, 15) is 9.18 Å². The molecule has 5 nitrogen and oxygen atoms in total. The number of aromatic nitrogens is 2. The van der Waals surface area contributed by atoms with Gasteiger partial charge in [-0.3, -0.25) is 9.78 Å². The third kappa shape index (κ3) is 4.41. The molecule has 1 fully saturated rings. The second kappa shape index (κ2) is 7.29. The Balaban J connectivity index is 1.80. The van der Waals surface area contributed by atoms with Gasteiger partial charge in [-0.05, 0) is 44.8 Å². The molecule has 7 heteroatoms. The van der Waals surface area contributed by atoms with Crippen molar-refractivity contribution < 1.29 is 18.5 Å². The van der Waals surface area contributed by atoms with Gasteiger partial charge in [-0.1, -0.05) is 32.9 Å². The first-order valence-corrected chi connectivity index (χ1v) is 9.80. The lowest BCUT2D eigenvalue weighted by Gasteiger charge is -2.32. The molecule has 0 amide bonds. The minimum atomic E-state index is -0.611. The molecule has 0 bridgehead atoms. The average molecular weight is 398 g/mol. The van der Waals surface area contributed by atoms with Crippen molar-refractivity contribution in [2.75, 3.05) is 0 Å². The Labute approximate surface area is 172 Å². The summed E-state index contributed by atoms with van der Waals surface area (Å²) < 4.78 is 26.4. The maximum absolute atomic E-state index is 14.4. The first-order chi connectivity index (χ1) is 13.3. The molecule has 0 spiro atoms. The molecule has 0 N–H and O–H groups in total. The number of ketones is 1. The summed E-state index contributed by atoms with van der Waals surface area (Å²) in [7, 11) is -0.611. The summed E-state index contributed by atoms with van der Waals surface area (Å²) in [5, 5.41) is 0. The number of carbonyl (C=O) groups excluding carboxylic acids is 1. The number of nitrogens with zero attached hydrogens (tertiary/aromatic N) is 2. The van der Waals surface area contributed by atoms with Gasteiger partial charge in [-0.2, -0.15) is 0 Å². The molecule has 1 aromatic carbocycles.